The number of aryl methyl sites for hydroxylation is 3. The quantitative estimate of drug-likeness (QED) is 0.834. The summed E-state index contributed by atoms with van der Waals surface area (Å²) in [4.78, 5) is 16.2. The lowest BCUT2D eigenvalue weighted by Crippen LogP contribution is -2.25. The van der Waals surface area contributed by atoms with Gasteiger partial charge in [0.05, 0.1) is 0 Å². The first-order chi connectivity index (χ1) is 8.52. The minimum absolute atomic E-state index is 0.0303. The molecule has 96 valence electrons. The van der Waals surface area contributed by atoms with Crippen molar-refractivity contribution in [2.75, 3.05) is 6.54 Å². The fraction of sp³-hybridized carbons (Fsp3) is 0.429. The van der Waals surface area contributed by atoms with E-state index in [2.05, 4.69) is 34.7 Å². The normalized spacial score (nSPS) is 21.0. The van der Waals surface area contributed by atoms with Crippen LogP contribution in [0.2, 0.25) is 0 Å². The molecule has 0 radical (unpaired) electrons. The summed E-state index contributed by atoms with van der Waals surface area (Å²) in [5.74, 6) is 0.545. The molecule has 1 amide bonds. The SMILES string of the molecule is CCN=C1NC(=O)C(c2c(C)cc(C)cc2C)N1. The molecule has 0 aromatic heterocycles. The maximum absolute atomic E-state index is 12.0. The Morgan fingerprint density at radius 2 is 1.83 bits per heavy atom. The number of carbonyl (C=O) groups is 1. The average Bonchev–Trinajstić information content (AvgIpc) is 2.59. The molecule has 2 rings (SSSR count). The lowest BCUT2D eigenvalue weighted by Gasteiger charge is -2.15. The van der Waals surface area contributed by atoms with Crippen LogP contribution in [0.5, 0.6) is 0 Å². The summed E-state index contributed by atoms with van der Waals surface area (Å²) in [5.41, 5.74) is 4.55. The molecule has 18 heavy (non-hydrogen) atoms. The first-order valence-corrected chi connectivity index (χ1v) is 6.22. The first kappa shape index (κ1) is 12.6. The van der Waals surface area contributed by atoms with Gasteiger partial charge in [0.15, 0.2) is 5.96 Å². The fourth-order valence-corrected chi connectivity index (χ4v) is 2.52. The summed E-state index contributed by atoms with van der Waals surface area (Å²) in [7, 11) is 0. The predicted octanol–water partition coefficient (Wildman–Crippen LogP) is 1.75. The highest BCUT2D eigenvalue weighted by molar-refractivity contribution is 6.07. The van der Waals surface area contributed by atoms with Gasteiger partial charge in [-0.3, -0.25) is 15.1 Å². The van der Waals surface area contributed by atoms with E-state index in [0.29, 0.717) is 12.5 Å². The Hall–Kier alpha value is -1.84. The molecule has 0 spiro atoms. The molecule has 1 fully saturated rings. The standard InChI is InChI=1S/C14H19N3O/c1-5-15-14-16-12(13(18)17-14)11-9(3)6-8(2)7-10(11)4/h6-7,12H,5H2,1-4H3,(H2,15,16,17,18). The number of nitrogens with zero attached hydrogens (tertiary/aromatic N) is 1. The summed E-state index contributed by atoms with van der Waals surface area (Å²) in [6.07, 6.45) is 0. The van der Waals surface area contributed by atoms with Crippen molar-refractivity contribution in [1.82, 2.24) is 10.6 Å². The van der Waals surface area contributed by atoms with E-state index in [0.717, 1.165) is 16.7 Å². The van der Waals surface area contributed by atoms with E-state index >= 15 is 0 Å². The van der Waals surface area contributed by atoms with Gasteiger partial charge in [0.1, 0.15) is 6.04 Å². The van der Waals surface area contributed by atoms with Crippen LogP contribution in [0, 0.1) is 20.8 Å². The number of hydrogen-bond donors (Lipinski definition) is 2. The van der Waals surface area contributed by atoms with Crippen LogP contribution in [0.25, 0.3) is 0 Å². The van der Waals surface area contributed by atoms with Crippen LogP contribution in [0.1, 0.15) is 35.2 Å². The summed E-state index contributed by atoms with van der Waals surface area (Å²) in [6, 6.07) is 3.88. The minimum Gasteiger partial charge on any atom is -0.340 e. The molecule has 1 saturated heterocycles. The predicted molar refractivity (Wildman–Crippen MR) is 72.6 cm³/mol. The Labute approximate surface area is 108 Å². The molecule has 1 aromatic rings. The number of rotatable bonds is 2. The molecule has 1 aliphatic rings. The molecule has 1 unspecified atom stereocenters. The number of guanidine groups is 1. The molecule has 0 bridgehead atoms. The monoisotopic (exact) mass is 245 g/mol. The maximum Gasteiger partial charge on any atom is 0.253 e. The van der Waals surface area contributed by atoms with Gasteiger partial charge in [-0.1, -0.05) is 17.7 Å². The van der Waals surface area contributed by atoms with Crippen LogP contribution >= 0.6 is 0 Å². The lowest BCUT2D eigenvalue weighted by molar-refractivity contribution is -0.120. The van der Waals surface area contributed by atoms with Crippen molar-refractivity contribution in [1.29, 1.82) is 0 Å². The van der Waals surface area contributed by atoms with Gasteiger partial charge in [0.2, 0.25) is 0 Å². The van der Waals surface area contributed by atoms with Gasteiger partial charge in [-0.05, 0) is 44.4 Å². The second-order valence-electron chi connectivity index (χ2n) is 4.70. The van der Waals surface area contributed by atoms with E-state index in [1.165, 1.54) is 5.56 Å². The van der Waals surface area contributed by atoms with Gasteiger partial charge in [-0.25, -0.2) is 0 Å². The van der Waals surface area contributed by atoms with Gasteiger partial charge in [0.25, 0.3) is 5.91 Å². The van der Waals surface area contributed by atoms with E-state index in [1.807, 2.05) is 20.8 Å². The number of benzene rings is 1. The molecule has 4 nitrogen and oxygen atoms in total. The first-order valence-electron chi connectivity index (χ1n) is 6.22. The molecule has 1 aliphatic heterocycles. The van der Waals surface area contributed by atoms with Crippen LogP contribution < -0.4 is 10.6 Å². The van der Waals surface area contributed by atoms with Crippen molar-refractivity contribution in [2.24, 2.45) is 4.99 Å². The zero-order chi connectivity index (χ0) is 13.3. The van der Waals surface area contributed by atoms with Crippen LogP contribution in [0.15, 0.2) is 17.1 Å². The van der Waals surface area contributed by atoms with Gasteiger partial charge in [-0.15, -0.1) is 0 Å². The largest absolute Gasteiger partial charge is 0.340 e. The molecule has 0 saturated carbocycles. The highest BCUT2D eigenvalue weighted by Gasteiger charge is 2.31. The van der Waals surface area contributed by atoms with E-state index in [1.54, 1.807) is 0 Å². The van der Waals surface area contributed by atoms with Crippen LogP contribution in [-0.4, -0.2) is 18.4 Å². The summed E-state index contributed by atoms with van der Waals surface area (Å²) in [6.45, 7) is 8.74. The van der Waals surface area contributed by atoms with Crippen molar-refractivity contribution in [2.45, 2.75) is 33.7 Å². The van der Waals surface area contributed by atoms with Crippen molar-refractivity contribution in [3.63, 3.8) is 0 Å². The molecule has 4 heteroatoms. The zero-order valence-corrected chi connectivity index (χ0v) is 11.3. The fourth-order valence-electron chi connectivity index (χ4n) is 2.52. The van der Waals surface area contributed by atoms with Gasteiger partial charge >= 0.3 is 0 Å². The number of nitrogens with one attached hydrogen (secondary N) is 2. The van der Waals surface area contributed by atoms with E-state index < -0.39 is 0 Å². The lowest BCUT2D eigenvalue weighted by atomic mass is 9.94. The molecule has 0 aliphatic carbocycles. The topological polar surface area (TPSA) is 53.5 Å². The molecule has 2 N–H and O–H groups in total. The average molecular weight is 245 g/mol. The van der Waals surface area contributed by atoms with Crippen molar-refractivity contribution < 1.29 is 4.79 Å². The number of aliphatic imine (C=N–C) groups is 1. The van der Waals surface area contributed by atoms with Crippen molar-refractivity contribution >= 4 is 11.9 Å². The minimum atomic E-state index is -0.323. The van der Waals surface area contributed by atoms with E-state index in [9.17, 15) is 4.79 Å². The molecule has 1 atom stereocenters. The second kappa shape index (κ2) is 4.80. The third kappa shape index (κ3) is 2.23. The van der Waals surface area contributed by atoms with Gasteiger partial charge < -0.3 is 5.32 Å². The smallest absolute Gasteiger partial charge is 0.253 e. The highest BCUT2D eigenvalue weighted by atomic mass is 16.2. The van der Waals surface area contributed by atoms with Crippen LogP contribution in [0.3, 0.4) is 0 Å². The maximum atomic E-state index is 12.0. The Kier molecular flexibility index (Phi) is 3.36. The Balaban J connectivity index is 2.39. The summed E-state index contributed by atoms with van der Waals surface area (Å²) < 4.78 is 0. The molecule has 1 heterocycles. The number of hydrogen-bond acceptors (Lipinski definition) is 2. The van der Waals surface area contributed by atoms with Gasteiger partial charge in [-0.2, -0.15) is 0 Å². The molecular weight excluding hydrogens is 226 g/mol. The highest BCUT2D eigenvalue weighted by Crippen LogP contribution is 2.25. The number of carbonyl (C=O) groups excluding carboxylic acids is 1. The summed E-state index contributed by atoms with van der Waals surface area (Å²) in [5, 5.41) is 5.92. The molecule has 1 aromatic carbocycles. The number of amides is 1. The third-order valence-electron chi connectivity index (χ3n) is 3.13. The van der Waals surface area contributed by atoms with Crippen LogP contribution in [-0.2, 0) is 4.79 Å². The van der Waals surface area contributed by atoms with E-state index in [-0.39, 0.29) is 11.9 Å². The Bertz CT molecular complexity index is 497. The Morgan fingerprint density at radius 3 is 2.39 bits per heavy atom. The zero-order valence-electron chi connectivity index (χ0n) is 11.3. The molecular formula is C14H19N3O. The van der Waals surface area contributed by atoms with E-state index in [4.69, 9.17) is 0 Å². The van der Waals surface area contributed by atoms with Crippen molar-refractivity contribution in [3.8, 4) is 0 Å². The third-order valence-corrected chi connectivity index (χ3v) is 3.13. The van der Waals surface area contributed by atoms with Crippen molar-refractivity contribution in [3.05, 3.63) is 34.4 Å². The second-order valence-corrected chi connectivity index (χ2v) is 4.70. The Morgan fingerprint density at radius 1 is 1.22 bits per heavy atom. The van der Waals surface area contributed by atoms with Gasteiger partial charge in [0, 0.05) is 6.54 Å². The van der Waals surface area contributed by atoms with Crippen LogP contribution in [0.4, 0.5) is 0 Å². The summed E-state index contributed by atoms with van der Waals surface area (Å²) >= 11 is 0.